The summed E-state index contributed by atoms with van der Waals surface area (Å²) >= 11 is 1.48. The minimum absolute atomic E-state index is 0.0495. The summed E-state index contributed by atoms with van der Waals surface area (Å²) in [6, 6.07) is 0. The molecule has 0 unspecified atom stereocenters. The van der Waals surface area contributed by atoms with Crippen LogP contribution in [0, 0.1) is 0 Å². The lowest BCUT2D eigenvalue weighted by Gasteiger charge is -2.41. The van der Waals surface area contributed by atoms with Gasteiger partial charge in [0, 0.05) is 11.3 Å². The van der Waals surface area contributed by atoms with Gasteiger partial charge in [-0.1, -0.05) is 0 Å². The van der Waals surface area contributed by atoms with Crippen molar-refractivity contribution in [2.24, 2.45) is 0 Å². The lowest BCUT2D eigenvalue weighted by atomic mass is 9.86. The third-order valence-corrected chi connectivity index (χ3v) is 4.43. The number of carbonyl (C=O) groups excluding carboxylic acids is 1. The Hall–Kier alpha value is -0.870. The maximum absolute atomic E-state index is 11.7. The Bertz CT molecular complexity index is 486. The van der Waals surface area contributed by atoms with E-state index >= 15 is 0 Å². The van der Waals surface area contributed by atoms with Crippen molar-refractivity contribution >= 4 is 22.1 Å². The van der Waals surface area contributed by atoms with Gasteiger partial charge in [0.1, 0.15) is 0 Å². The van der Waals surface area contributed by atoms with Gasteiger partial charge >= 0.3 is 0 Å². The summed E-state index contributed by atoms with van der Waals surface area (Å²) < 4.78 is 6.08. The number of nitrogen functional groups attached to an aromatic ring is 1. The van der Waals surface area contributed by atoms with Crippen LogP contribution in [0.25, 0.3) is 0 Å². The molecule has 1 aliphatic rings. The van der Waals surface area contributed by atoms with Gasteiger partial charge in [-0.3, -0.25) is 4.79 Å². The second kappa shape index (κ2) is 3.56. The number of ketones is 1. The second-order valence-electron chi connectivity index (χ2n) is 5.75. The number of fused-ring (bicyclic) bond motifs is 1. The molecule has 2 heterocycles. The summed E-state index contributed by atoms with van der Waals surface area (Å²) in [5, 5.41) is 0.622. The van der Waals surface area contributed by atoms with Crippen LogP contribution in [0.15, 0.2) is 0 Å². The quantitative estimate of drug-likeness (QED) is 0.782. The van der Waals surface area contributed by atoms with Gasteiger partial charge in [0.15, 0.2) is 5.78 Å². The van der Waals surface area contributed by atoms with Crippen LogP contribution in [0.5, 0.6) is 0 Å². The molecule has 0 atom stereocenters. The predicted molar refractivity (Wildman–Crippen MR) is 70.6 cm³/mol. The Balaban J connectivity index is 2.67. The first-order valence-corrected chi connectivity index (χ1v) is 6.58. The first kappa shape index (κ1) is 12.6. The molecule has 0 spiro atoms. The fourth-order valence-electron chi connectivity index (χ4n) is 2.72. The number of hydrogen-bond donors (Lipinski definition) is 1. The molecule has 0 bridgehead atoms. The van der Waals surface area contributed by atoms with Crippen LogP contribution in [0.1, 0.15) is 55.4 Å². The highest BCUT2D eigenvalue weighted by molar-refractivity contribution is 7.16. The summed E-state index contributed by atoms with van der Waals surface area (Å²) in [7, 11) is 0. The number of rotatable bonds is 1. The van der Waals surface area contributed by atoms with Gasteiger partial charge < -0.3 is 10.5 Å². The Morgan fingerprint density at radius 3 is 2.47 bits per heavy atom. The van der Waals surface area contributed by atoms with E-state index in [2.05, 4.69) is 13.8 Å². The summed E-state index contributed by atoms with van der Waals surface area (Å²) in [6.45, 7) is 9.75. The Morgan fingerprint density at radius 2 is 1.94 bits per heavy atom. The minimum atomic E-state index is -0.371. The van der Waals surface area contributed by atoms with Crippen LogP contribution in [0.4, 0.5) is 5.00 Å². The van der Waals surface area contributed by atoms with Crippen LogP contribution in [0.2, 0.25) is 0 Å². The van der Waals surface area contributed by atoms with Crippen molar-refractivity contribution in [3.05, 3.63) is 16.0 Å². The molecule has 3 nitrogen and oxygen atoms in total. The summed E-state index contributed by atoms with van der Waals surface area (Å²) in [5.41, 5.74) is 7.13. The standard InChI is InChI=1S/C13H19NO2S/c1-7(15)9-8-6-12(2,3)16-13(4,5)10(8)17-11(9)14/h6,14H2,1-5H3. The van der Waals surface area contributed by atoms with E-state index in [0.29, 0.717) is 10.6 Å². The SMILES string of the molecule is CC(=O)c1c(N)sc2c1CC(C)(C)OC2(C)C. The molecule has 0 amide bonds. The van der Waals surface area contributed by atoms with Gasteiger partial charge in [-0.2, -0.15) is 0 Å². The number of Topliss-reactive ketones (excluding diaryl/α,β-unsaturated/α-hetero) is 1. The van der Waals surface area contributed by atoms with Gasteiger partial charge in [-0.25, -0.2) is 0 Å². The highest BCUT2D eigenvalue weighted by atomic mass is 32.1. The van der Waals surface area contributed by atoms with Crippen molar-refractivity contribution in [3.63, 3.8) is 0 Å². The maximum atomic E-state index is 11.7. The highest BCUT2D eigenvalue weighted by Gasteiger charge is 2.42. The normalized spacial score (nSPS) is 21.0. The largest absolute Gasteiger partial charge is 0.390 e. The second-order valence-corrected chi connectivity index (χ2v) is 6.81. The minimum Gasteiger partial charge on any atom is -0.390 e. The van der Waals surface area contributed by atoms with Crippen molar-refractivity contribution in [3.8, 4) is 0 Å². The fourth-order valence-corrected chi connectivity index (χ4v) is 3.90. The van der Waals surface area contributed by atoms with Crippen molar-refractivity contribution in [2.75, 3.05) is 5.73 Å². The van der Waals surface area contributed by atoms with Crippen molar-refractivity contribution in [1.29, 1.82) is 0 Å². The average molecular weight is 253 g/mol. The smallest absolute Gasteiger partial charge is 0.163 e. The number of hydrogen-bond acceptors (Lipinski definition) is 4. The van der Waals surface area contributed by atoms with E-state index in [1.165, 1.54) is 11.3 Å². The zero-order valence-corrected chi connectivity index (χ0v) is 11.8. The zero-order chi connectivity index (χ0) is 13.0. The van der Waals surface area contributed by atoms with E-state index in [0.717, 1.165) is 16.9 Å². The van der Waals surface area contributed by atoms with Gasteiger partial charge in [0.2, 0.25) is 0 Å². The van der Waals surface area contributed by atoms with Gasteiger partial charge in [-0.15, -0.1) is 11.3 Å². The third-order valence-electron chi connectivity index (χ3n) is 3.07. The van der Waals surface area contributed by atoms with Crippen molar-refractivity contribution in [2.45, 2.75) is 52.2 Å². The molecule has 2 N–H and O–H groups in total. The summed E-state index contributed by atoms with van der Waals surface area (Å²) in [5.74, 6) is 0.0495. The van der Waals surface area contributed by atoms with E-state index in [-0.39, 0.29) is 17.0 Å². The number of anilines is 1. The number of carbonyl (C=O) groups is 1. The van der Waals surface area contributed by atoms with E-state index in [1.54, 1.807) is 6.92 Å². The summed E-state index contributed by atoms with van der Waals surface area (Å²) in [6.07, 6.45) is 0.744. The van der Waals surface area contributed by atoms with Gasteiger partial charge in [0.25, 0.3) is 0 Å². The Kier molecular flexibility index (Phi) is 2.64. The van der Waals surface area contributed by atoms with E-state index in [1.807, 2.05) is 13.8 Å². The first-order chi connectivity index (χ1) is 7.64. The molecule has 0 saturated heterocycles. The third kappa shape index (κ3) is 2.00. The molecule has 0 aliphatic carbocycles. The van der Waals surface area contributed by atoms with Crippen molar-refractivity contribution in [1.82, 2.24) is 0 Å². The van der Waals surface area contributed by atoms with E-state index in [9.17, 15) is 4.79 Å². The Labute approximate surface area is 106 Å². The number of thiophene rings is 1. The Morgan fingerprint density at radius 1 is 1.35 bits per heavy atom. The molecule has 2 rings (SSSR count). The van der Waals surface area contributed by atoms with E-state index < -0.39 is 0 Å². The lowest BCUT2D eigenvalue weighted by Crippen LogP contribution is -2.41. The summed E-state index contributed by atoms with van der Waals surface area (Å²) in [4.78, 5) is 12.8. The first-order valence-electron chi connectivity index (χ1n) is 5.77. The molecule has 0 saturated carbocycles. The van der Waals surface area contributed by atoms with Crippen LogP contribution in [0.3, 0.4) is 0 Å². The lowest BCUT2D eigenvalue weighted by molar-refractivity contribution is -0.135. The molecule has 0 radical (unpaired) electrons. The van der Waals surface area contributed by atoms with Crippen LogP contribution in [-0.2, 0) is 16.8 Å². The van der Waals surface area contributed by atoms with E-state index in [4.69, 9.17) is 10.5 Å². The average Bonchev–Trinajstić information content (AvgIpc) is 2.38. The molecule has 0 aromatic carbocycles. The molecular formula is C13H19NO2S. The predicted octanol–water partition coefficient (Wildman–Crippen LogP) is 3.12. The zero-order valence-electron chi connectivity index (χ0n) is 11.0. The number of nitrogens with two attached hydrogens (primary N) is 1. The van der Waals surface area contributed by atoms with Crippen LogP contribution < -0.4 is 5.73 Å². The molecule has 17 heavy (non-hydrogen) atoms. The molecule has 0 fully saturated rings. The van der Waals surface area contributed by atoms with Gasteiger partial charge in [-0.05, 0) is 40.2 Å². The molecule has 1 aromatic heterocycles. The maximum Gasteiger partial charge on any atom is 0.163 e. The highest BCUT2D eigenvalue weighted by Crippen LogP contribution is 2.47. The fraction of sp³-hybridized carbons (Fsp3) is 0.615. The molecule has 1 aliphatic heterocycles. The molecule has 94 valence electrons. The van der Waals surface area contributed by atoms with Gasteiger partial charge in [0.05, 0.1) is 21.8 Å². The molecule has 4 heteroatoms. The van der Waals surface area contributed by atoms with Crippen molar-refractivity contribution < 1.29 is 9.53 Å². The monoisotopic (exact) mass is 253 g/mol. The van der Waals surface area contributed by atoms with Crippen LogP contribution in [-0.4, -0.2) is 11.4 Å². The molecular weight excluding hydrogens is 234 g/mol. The number of ether oxygens (including phenoxy) is 1. The topological polar surface area (TPSA) is 52.3 Å². The molecule has 1 aromatic rings. The van der Waals surface area contributed by atoms with Crippen LogP contribution >= 0.6 is 11.3 Å².